The summed E-state index contributed by atoms with van der Waals surface area (Å²) in [4.78, 5) is 14.8. The van der Waals surface area contributed by atoms with Crippen LogP contribution in [0.1, 0.15) is 32.1 Å². The third-order valence-corrected chi connectivity index (χ3v) is 8.14. The first-order chi connectivity index (χ1) is 13.5. The van der Waals surface area contributed by atoms with Gasteiger partial charge in [0.1, 0.15) is 16.7 Å². The molecule has 28 heavy (non-hydrogen) atoms. The second-order valence-electron chi connectivity index (χ2n) is 7.81. The van der Waals surface area contributed by atoms with Crippen molar-refractivity contribution in [2.24, 2.45) is 5.92 Å². The van der Waals surface area contributed by atoms with Gasteiger partial charge in [-0.15, -0.1) is 0 Å². The molecule has 0 radical (unpaired) electrons. The molecule has 1 aliphatic carbocycles. The zero-order chi connectivity index (χ0) is 19.7. The molecule has 154 valence electrons. The Morgan fingerprint density at radius 3 is 2.64 bits per heavy atom. The summed E-state index contributed by atoms with van der Waals surface area (Å²) in [6, 6.07) is 6.51. The van der Waals surface area contributed by atoms with Crippen LogP contribution in [0.5, 0.6) is 5.75 Å². The van der Waals surface area contributed by atoms with E-state index in [0.29, 0.717) is 38.3 Å². The van der Waals surface area contributed by atoms with E-state index in [1.807, 2.05) is 4.90 Å². The van der Waals surface area contributed by atoms with Gasteiger partial charge in [-0.25, -0.2) is 8.42 Å². The van der Waals surface area contributed by atoms with Crippen LogP contribution in [0, 0.1) is 5.92 Å². The monoisotopic (exact) mass is 408 g/mol. The van der Waals surface area contributed by atoms with E-state index in [4.69, 9.17) is 9.47 Å². The lowest BCUT2D eigenvalue weighted by molar-refractivity contribution is -0.138. The highest BCUT2D eigenvalue weighted by atomic mass is 32.2. The van der Waals surface area contributed by atoms with Crippen LogP contribution in [0.25, 0.3) is 0 Å². The second-order valence-corrected chi connectivity index (χ2v) is 9.67. The lowest BCUT2D eigenvalue weighted by atomic mass is 9.84. The summed E-state index contributed by atoms with van der Waals surface area (Å²) < 4.78 is 39.7. The topological polar surface area (TPSA) is 76.2 Å². The molecule has 1 amide bonds. The normalized spacial score (nSPS) is 27.5. The van der Waals surface area contributed by atoms with Crippen molar-refractivity contribution in [2.75, 3.05) is 33.4 Å². The zero-order valence-corrected chi connectivity index (χ0v) is 17.1. The van der Waals surface area contributed by atoms with E-state index < -0.39 is 10.0 Å². The van der Waals surface area contributed by atoms with Gasteiger partial charge in [-0.3, -0.25) is 4.79 Å². The Balaban J connectivity index is 1.64. The molecule has 0 unspecified atom stereocenters. The molecule has 1 aromatic rings. The van der Waals surface area contributed by atoms with E-state index in [2.05, 4.69) is 0 Å². The molecule has 1 saturated heterocycles. The third-order valence-electron chi connectivity index (χ3n) is 6.17. The van der Waals surface area contributed by atoms with Crippen molar-refractivity contribution in [1.29, 1.82) is 0 Å². The highest BCUT2D eigenvalue weighted by molar-refractivity contribution is 7.89. The summed E-state index contributed by atoms with van der Waals surface area (Å²) in [5.74, 6) is 0.767. The Morgan fingerprint density at radius 2 is 1.93 bits per heavy atom. The molecule has 2 heterocycles. The highest BCUT2D eigenvalue weighted by Gasteiger charge is 2.44. The molecule has 4 rings (SSSR count). The summed E-state index contributed by atoms with van der Waals surface area (Å²) in [6.07, 6.45) is 3.98. The number of benzene rings is 1. The second kappa shape index (κ2) is 8.00. The number of sulfonamides is 1. The first-order valence-electron chi connectivity index (χ1n) is 10.1. The molecule has 2 aliphatic heterocycles. The fourth-order valence-corrected chi connectivity index (χ4v) is 6.14. The smallest absolute Gasteiger partial charge is 0.247 e. The standard InChI is InChI=1S/C20H28N2O5S/c1-26-14-13-22-16-9-11-21(20(23)15-5-4-6-15)12-10-17(16)27-18-7-2-3-8-19(18)28(22,24)25/h2-3,7-8,15-17H,4-6,9-14H2,1H3/t16-,17-/m0/s1. The van der Waals surface area contributed by atoms with E-state index in [-0.39, 0.29) is 35.4 Å². The first kappa shape index (κ1) is 19.7. The van der Waals surface area contributed by atoms with Gasteiger partial charge in [0.25, 0.3) is 0 Å². The SMILES string of the molecule is COCCN1[C@H]2CCN(C(=O)C3CCC3)CC[C@@H]2Oc2ccccc2S1(=O)=O. The predicted molar refractivity (Wildman–Crippen MR) is 104 cm³/mol. The average Bonchev–Trinajstić information content (AvgIpc) is 2.88. The van der Waals surface area contributed by atoms with E-state index in [0.717, 1.165) is 19.3 Å². The third kappa shape index (κ3) is 3.53. The summed E-state index contributed by atoms with van der Waals surface area (Å²) in [7, 11) is -2.13. The maximum atomic E-state index is 13.4. The van der Waals surface area contributed by atoms with Gasteiger partial charge in [-0.2, -0.15) is 4.31 Å². The van der Waals surface area contributed by atoms with Crippen molar-refractivity contribution < 1.29 is 22.7 Å². The lowest BCUT2D eigenvalue weighted by Crippen LogP contribution is -2.48. The van der Waals surface area contributed by atoms with Gasteiger partial charge in [-0.1, -0.05) is 18.6 Å². The van der Waals surface area contributed by atoms with Crippen molar-refractivity contribution in [1.82, 2.24) is 9.21 Å². The summed E-state index contributed by atoms with van der Waals surface area (Å²) in [5, 5.41) is 0. The number of rotatable bonds is 4. The van der Waals surface area contributed by atoms with Crippen LogP contribution in [0.4, 0.5) is 0 Å². The molecule has 1 saturated carbocycles. The number of methoxy groups -OCH3 is 1. The lowest BCUT2D eigenvalue weighted by Gasteiger charge is -2.32. The van der Waals surface area contributed by atoms with Gasteiger partial charge >= 0.3 is 0 Å². The molecule has 3 aliphatic rings. The average molecular weight is 409 g/mol. The zero-order valence-electron chi connectivity index (χ0n) is 16.2. The number of amides is 1. The molecule has 7 nitrogen and oxygen atoms in total. The van der Waals surface area contributed by atoms with Gasteiger partial charge in [0.2, 0.25) is 15.9 Å². The van der Waals surface area contributed by atoms with E-state index in [9.17, 15) is 13.2 Å². The Morgan fingerprint density at radius 1 is 1.18 bits per heavy atom. The van der Waals surface area contributed by atoms with Crippen molar-refractivity contribution in [2.45, 2.75) is 49.1 Å². The molecule has 8 heteroatoms. The molecular formula is C20H28N2O5S. The molecule has 0 bridgehead atoms. The van der Waals surface area contributed by atoms with E-state index in [1.54, 1.807) is 31.4 Å². The summed E-state index contributed by atoms with van der Waals surface area (Å²) >= 11 is 0. The number of ether oxygens (including phenoxy) is 2. The van der Waals surface area contributed by atoms with Gasteiger partial charge < -0.3 is 14.4 Å². The van der Waals surface area contributed by atoms with Crippen LogP contribution in [0.15, 0.2) is 29.2 Å². The van der Waals surface area contributed by atoms with Crippen molar-refractivity contribution in [3.63, 3.8) is 0 Å². The molecular weight excluding hydrogens is 380 g/mol. The Labute approximate surface area is 166 Å². The fourth-order valence-electron chi connectivity index (χ4n) is 4.36. The predicted octanol–water partition coefficient (Wildman–Crippen LogP) is 1.88. The Bertz CT molecular complexity index is 824. The van der Waals surface area contributed by atoms with Gasteiger partial charge in [-0.05, 0) is 31.4 Å². The number of hydrogen-bond donors (Lipinski definition) is 0. The molecule has 0 N–H and O–H groups in total. The number of nitrogens with zero attached hydrogens (tertiary/aromatic N) is 2. The number of para-hydroxylation sites is 1. The van der Waals surface area contributed by atoms with Crippen molar-refractivity contribution in [3.8, 4) is 5.75 Å². The highest BCUT2D eigenvalue weighted by Crippen LogP contribution is 2.37. The van der Waals surface area contributed by atoms with E-state index >= 15 is 0 Å². The maximum Gasteiger partial charge on any atom is 0.247 e. The molecule has 1 aromatic carbocycles. The molecule has 0 spiro atoms. The quantitative estimate of drug-likeness (QED) is 0.760. The van der Waals surface area contributed by atoms with Crippen LogP contribution in [-0.2, 0) is 19.6 Å². The molecule has 2 atom stereocenters. The van der Waals surface area contributed by atoms with Crippen LogP contribution in [-0.4, -0.2) is 69.0 Å². The molecule has 0 aromatic heterocycles. The first-order valence-corrected chi connectivity index (χ1v) is 11.5. The number of likely N-dealkylation sites (tertiary alicyclic amines) is 1. The number of fused-ring (bicyclic) bond motifs is 2. The maximum absolute atomic E-state index is 13.4. The van der Waals surface area contributed by atoms with Crippen LogP contribution in [0.3, 0.4) is 0 Å². The minimum absolute atomic E-state index is 0.151. The van der Waals surface area contributed by atoms with Crippen LogP contribution < -0.4 is 4.74 Å². The van der Waals surface area contributed by atoms with Crippen molar-refractivity contribution >= 4 is 15.9 Å². The van der Waals surface area contributed by atoms with E-state index in [1.165, 1.54) is 4.31 Å². The summed E-state index contributed by atoms with van der Waals surface area (Å²) in [5.41, 5.74) is 0. The van der Waals surface area contributed by atoms with Crippen molar-refractivity contribution in [3.05, 3.63) is 24.3 Å². The number of carbonyl (C=O) groups is 1. The number of carbonyl (C=O) groups excluding carboxylic acids is 1. The molecule has 2 fully saturated rings. The van der Waals surface area contributed by atoms with Crippen LogP contribution in [0.2, 0.25) is 0 Å². The largest absolute Gasteiger partial charge is 0.487 e. The van der Waals surface area contributed by atoms with Gasteiger partial charge in [0.05, 0.1) is 12.6 Å². The minimum atomic E-state index is -3.70. The summed E-state index contributed by atoms with van der Waals surface area (Å²) in [6.45, 7) is 1.76. The number of hydrogen-bond acceptors (Lipinski definition) is 5. The Hall–Kier alpha value is -1.64. The fraction of sp³-hybridized carbons (Fsp3) is 0.650. The Kier molecular flexibility index (Phi) is 5.62. The van der Waals surface area contributed by atoms with Crippen LogP contribution >= 0.6 is 0 Å². The van der Waals surface area contributed by atoms with Gasteiger partial charge in [0, 0.05) is 39.1 Å². The minimum Gasteiger partial charge on any atom is -0.487 e. The van der Waals surface area contributed by atoms with Gasteiger partial charge in [0.15, 0.2) is 0 Å².